The van der Waals surface area contributed by atoms with Gasteiger partial charge in [0.05, 0.1) is 0 Å². The Morgan fingerprint density at radius 2 is 2.16 bits per heavy atom. The molecule has 1 aliphatic heterocycles. The smallest absolute Gasteiger partial charge is 0.227 e. The van der Waals surface area contributed by atoms with E-state index in [-0.39, 0.29) is 11.7 Å². The van der Waals surface area contributed by atoms with Crippen LogP contribution in [0.4, 0.5) is 10.1 Å². The van der Waals surface area contributed by atoms with Crippen molar-refractivity contribution in [2.75, 3.05) is 16.8 Å². The fourth-order valence-corrected chi connectivity index (χ4v) is 3.24. The second-order valence-corrected chi connectivity index (χ2v) is 5.98. The predicted octanol–water partition coefficient (Wildman–Crippen LogP) is 3.92. The number of amides is 1. The van der Waals surface area contributed by atoms with Gasteiger partial charge in [-0.25, -0.2) is 4.39 Å². The average molecular weight is 328 g/mol. The quantitative estimate of drug-likeness (QED) is 0.751. The number of anilines is 1. The summed E-state index contributed by atoms with van der Waals surface area (Å²) in [5.74, 6) is 0.517. The standard InChI is InChI=1S/C15H19BrFNO/c1-11(6-8-16)7-9-18-14-4-3-13(17)10-12(14)2-5-15(18)19/h3-4,10-11H,2,5-9H2,1H3. The number of hydrogen-bond acceptors (Lipinski definition) is 1. The van der Waals surface area contributed by atoms with Crippen LogP contribution in [0.1, 0.15) is 31.7 Å². The van der Waals surface area contributed by atoms with E-state index in [2.05, 4.69) is 22.9 Å². The maximum Gasteiger partial charge on any atom is 0.227 e. The highest BCUT2D eigenvalue weighted by Crippen LogP contribution is 2.29. The molecule has 0 radical (unpaired) electrons. The first kappa shape index (κ1) is 14.5. The van der Waals surface area contributed by atoms with Crippen molar-refractivity contribution in [2.24, 2.45) is 5.92 Å². The SMILES string of the molecule is CC(CCBr)CCN1C(=O)CCc2cc(F)ccc21. The molecular weight excluding hydrogens is 309 g/mol. The van der Waals surface area contributed by atoms with Gasteiger partial charge in [0, 0.05) is 24.0 Å². The van der Waals surface area contributed by atoms with Gasteiger partial charge in [0.1, 0.15) is 5.82 Å². The van der Waals surface area contributed by atoms with Crippen molar-refractivity contribution in [1.29, 1.82) is 0 Å². The van der Waals surface area contributed by atoms with Crippen LogP contribution in [-0.4, -0.2) is 17.8 Å². The highest BCUT2D eigenvalue weighted by Gasteiger charge is 2.24. The molecule has 2 rings (SSSR count). The molecule has 1 amide bonds. The molecule has 0 fully saturated rings. The van der Waals surface area contributed by atoms with Gasteiger partial charge < -0.3 is 4.90 Å². The number of alkyl halides is 1. The van der Waals surface area contributed by atoms with Crippen LogP contribution in [-0.2, 0) is 11.2 Å². The lowest BCUT2D eigenvalue weighted by Crippen LogP contribution is -2.36. The van der Waals surface area contributed by atoms with Crippen LogP contribution in [0.15, 0.2) is 18.2 Å². The number of aryl methyl sites for hydroxylation is 1. The molecule has 1 aromatic rings. The van der Waals surface area contributed by atoms with Gasteiger partial charge in [-0.15, -0.1) is 0 Å². The van der Waals surface area contributed by atoms with Crippen LogP contribution in [0.3, 0.4) is 0 Å². The third-order valence-electron chi connectivity index (χ3n) is 3.69. The Morgan fingerprint density at radius 1 is 1.37 bits per heavy atom. The summed E-state index contributed by atoms with van der Waals surface area (Å²) in [6.07, 6.45) is 3.23. The van der Waals surface area contributed by atoms with Crippen molar-refractivity contribution in [3.8, 4) is 0 Å². The maximum atomic E-state index is 13.2. The normalized spacial score (nSPS) is 16.4. The molecule has 0 spiro atoms. The van der Waals surface area contributed by atoms with E-state index >= 15 is 0 Å². The van der Waals surface area contributed by atoms with Crippen molar-refractivity contribution < 1.29 is 9.18 Å². The number of fused-ring (bicyclic) bond motifs is 1. The summed E-state index contributed by atoms with van der Waals surface area (Å²) in [5.41, 5.74) is 1.84. The Kier molecular flexibility index (Phi) is 4.97. The summed E-state index contributed by atoms with van der Waals surface area (Å²) >= 11 is 3.44. The molecule has 0 aromatic heterocycles. The molecule has 0 aliphatic carbocycles. The minimum atomic E-state index is -0.222. The van der Waals surface area contributed by atoms with E-state index in [0.717, 1.165) is 36.0 Å². The van der Waals surface area contributed by atoms with Crippen LogP contribution in [0.5, 0.6) is 0 Å². The van der Waals surface area contributed by atoms with Gasteiger partial charge >= 0.3 is 0 Å². The second-order valence-electron chi connectivity index (χ2n) is 5.19. The molecule has 104 valence electrons. The number of rotatable bonds is 5. The zero-order chi connectivity index (χ0) is 13.8. The van der Waals surface area contributed by atoms with Crippen LogP contribution in [0, 0.1) is 11.7 Å². The summed E-state index contributed by atoms with van der Waals surface area (Å²) in [4.78, 5) is 13.9. The molecule has 0 saturated heterocycles. The van der Waals surface area contributed by atoms with Gasteiger partial charge in [0.2, 0.25) is 5.91 Å². The first-order valence-corrected chi connectivity index (χ1v) is 7.88. The highest BCUT2D eigenvalue weighted by molar-refractivity contribution is 9.09. The minimum Gasteiger partial charge on any atom is -0.312 e. The summed E-state index contributed by atoms with van der Waals surface area (Å²) in [6.45, 7) is 2.92. The Morgan fingerprint density at radius 3 is 2.89 bits per heavy atom. The lowest BCUT2D eigenvalue weighted by atomic mass is 9.99. The number of halogens is 2. The molecule has 0 N–H and O–H groups in total. The largest absolute Gasteiger partial charge is 0.312 e. The second kappa shape index (κ2) is 6.51. The van der Waals surface area contributed by atoms with Crippen LogP contribution in [0.2, 0.25) is 0 Å². The zero-order valence-corrected chi connectivity index (χ0v) is 12.7. The van der Waals surface area contributed by atoms with E-state index < -0.39 is 0 Å². The van der Waals surface area contributed by atoms with Gasteiger partial charge in [-0.05, 0) is 48.9 Å². The molecule has 1 unspecified atom stereocenters. The van der Waals surface area contributed by atoms with Crippen molar-refractivity contribution in [1.82, 2.24) is 0 Å². The van der Waals surface area contributed by atoms with E-state index in [4.69, 9.17) is 0 Å². The van der Waals surface area contributed by atoms with E-state index in [9.17, 15) is 9.18 Å². The van der Waals surface area contributed by atoms with Crippen molar-refractivity contribution >= 4 is 27.5 Å². The van der Waals surface area contributed by atoms with Gasteiger partial charge in [0.25, 0.3) is 0 Å². The van der Waals surface area contributed by atoms with Gasteiger partial charge in [-0.3, -0.25) is 4.79 Å². The zero-order valence-electron chi connectivity index (χ0n) is 11.2. The first-order chi connectivity index (χ1) is 9.11. The summed E-state index contributed by atoms with van der Waals surface area (Å²) in [5, 5.41) is 0.990. The molecule has 19 heavy (non-hydrogen) atoms. The molecular formula is C15H19BrFNO. The Balaban J connectivity index is 2.10. The number of carbonyl (C=O) groups is 1. The van der Waals surface area contributed by atoms with Crippen LogP contribution >= 0.6 is 15.9 Å². The topological polar surface area (TPSA) is 20.3 Å². The Labute approximate surface area is 122 Å². The molecule has 1 aliphatic rings. The Bertz CT molecular complexity index is 463. The van der Waals surface area contributed by atoms with E-state index in [1.807, 2.05) is 4.90 Å². The third kappa shape index (κ3) is 3.56. The van der Waals surface area contributed by atoms with Gasteiger partial charge in [-0.1, -0.05) is 22.9 Å². The monoisotopic (exact) mass is 327 g/mol. The molecule has 2 nitrogen and oxygen atoms in total. The maximum absolute atomic E-state index is 13.2. The molecule has 1 atom stereocenters. The molecule has 0 saturated carbocycles. The number of hydrogen-bond donors (Lipinski definition) is 0. The fraction of sp³-hybridized carbons (Fsp3) is 0.533. The Hall–Kier alpha value is -0.900. The molecule has 4 heteroatoms. The molecule has 1 heterocycles. The summed E-state index contributed by atoms with van der Waals surface area (Å²) in [7, 11) is 0. The van der Waals surface area contributed by atoms with Gasteiger partial charge in [-0.2, -0.15) is 0 Å². The van der Waals surface area contributed by atoms with Gasteiger partial charge in [0.15, 0.2) is 0 Å². The number of carbonyl (C=O) groups excluding carboxylic acids is 1. The first-order valence-electron chi connectivity index (χ1n) is 6.76. The predicted molar refractivity (Wildman–Crippen MR) is 79.3 cm³/mol. The van der Waals surface area contributed by atoms with E-state index in [1.165, 1.54) is 6.07 Å². The highest BCUT2D eigenvalue weighted by atomic mass is 79.9. The lowest BCUT2D eigenvalue weighted by Gasteiger charge is -2.30. The van der Waals surface area contributed by atoms with E-state index in [1.54, 1.807) is 12.1 Å². The van der Waals surface area contributed by atoms with Crippen molar-refractivity contribution in [3.05, 3.63) is 29.6 Å². The molecule has 0 bridgehead atoms. The fourth-order valence-electron chi connectivity index (χ4n) is 2.45. The molecule has 1 aromatic carbocycles. The summed E-state index contributed by atoms with van der Waals surface area (Å²) < 4.78 is 13.2. The lowest BCUT2D eigenvalue weighted by molar-refractivity contribution is -0.118. The van der Waals surface area contributed by atoms with Crippen LogP contribution < -0.4 is 4.90 Å². The number of benzene rings is 1. The van der Waals surface area contributed by atoms with Crippen molar-refractivity contribution in [3.63, 3.8) is 0 Å². The average Bonchev–Trinajstić information content (AvgIpc) is 2.38. The minimum absolute atomic E-state index is 0.158. The summed E-state index contributed by atoms with van der Waals surface area (Å²) in [6, 6.07) is 4.72. The third-order valence-corrected chi connectivity index (χ3v) is 4.15. The van der Waals surface area contributed by atoms with E-state index in [0.29, 0.717) is 18.8 Å². The van der Waals surface area contributed by atoms with Crippen molar-refractivity contribution in [2.45, 2.75) is 32.6 Å². The number of nitrogens with zero attached hydrogens (tertiary/aromatic N) is 1. The van der Waals surface area contributed by atoms with Crippen LogP contribution in [0.25, 0.3) is 0 Å².